The third-order valence-electron chi connectivity index (χ3n) is 10.8. The Balaban J connectivity index is 1.25. The van der Waals surface area contributed by atoms with Crippen LogP contribution in [0.25, 0.3) is 104 Å². The van der Waals surface area contributed by atoms with Crippen LogP contribution in [-0.2, 0) is 0 Å². The molecule has 0 aliphatic carbocycles. The molecule has 11 aromatic rings. The molecule has 5 heteroatoms. The molecule has 0 aliphatic heterocycles. The number of aromatic nitrogens is 2. The van der Waals surface area contributed by atoms with E-state index in [1.807, 2.05) is 54.6 Å². The smallest absolute Gasteiger partial charge is 0.212 e. The van der Waals surface area contributed by atoms with Gasteiger partial charge in [0.25, 0.3) is 0 Å². The molecule has 0 fully saturated rings. The highest BCUT2D eigenvalue weighted by atomic mass is 16.3. The van der Waals surface area contributed by atoms with Gasteiger partial charge in [-0.1, -0.05) is 103 Å². The molecule has 0 radical (unpaired) electrons. The van der Waals surface area contributed by atoms with Crippen molar-refractivity contribution in [3.63, 3.8) is 0 Å². The lowest BCUT2D eigenvalue weighted by Crippen LogP contribution is -2.02. The third kappa shape index (κ3) is 4.05. The zero-order valence-corrected chi connectivity index (χ0v) is 28.2. The molecular weight excluding hydrogens is 649 g/mol. The van der Waals surface area contributed by atoms with Crippen LogP contribution in [-0.4, -0.2) is 9.13 Å². The molecule has 0 saturated carbocycles. The van der Waals surface area contributed by atoms with Crippen molar-refractivity contribution in [3.8, 4) is 28.6 Å². The fourth-order valence-electron chi connectivity index (χ4n) is 8.48. The summed E-state index contributed by atoms with van der Waals surface area (Å²) in [5.41, 5.74) is 9.94. The number of nitrogens with zero attached hydrogens (tertiary/aromatic N) is 4. The predicted molar refractivity (Wildman–Crippen MR) is 216 cm³/mol. The Kier molecular flexibility index (Phi) is 6.02. The van der Waals surface area contributed by atoms with Crippen LogP contribution in [0.4, 0.5) is 5.69 Å². The average Bonchev–Trinajstić information content (AvgIpc) is 3.88. The monoisotopic (exact) mass is 674 g/mol. The first-order valence-electron chi connectivity index (χ1n) is 17.5. The van der Waals surface area contributed by atoms with Crippen molar-refractivity contribution < 1.29 is 4.42 Å². The lowest BCUT2D eigenvalue weighted by atomic mass is 10.0. The summed E-state index contributed by atoms with van der Waals surface area (Å²) in [4.78, 5) is 4.16. The standard InChI is InChI=1S/C48H26N4O/c1-50-38-27-42(51-40-22-20-31(29-11-3-2-4-12-29)25-37(40)46-33-14-6-5-13-30(33)19-23-41(46)51)32(28-49)26-43(38)52-39-17-9-7-15-34(39)35-21-24-45-47(48(35)52)36-16-8-10-18-44(36)53-45/h2-27H. The first-order valence-corrected chi connectivity index (χ1v) is 17.5. The Morgan fingerprint density at radius 3 is 2.09 bits per heavy atom. The van der Waals surface area contributed by atoms with Gasteiger partial charge in [-0.2, -0.15) is 5.26 Å². The second kappa shape index (κ2) is 10.9. The highest BCUT2D eigenvalue weighted by Gasteiger charge is 2.24. The van der Waals surface area contributed by atoms with Crippen LogP contribution in [0.15, 0.2) is 162 Å². The van der Waals surface area contributed by atoms with Crippen molar-refractivity contribution in [2.75, 3.05) is 0 Å². The van der Waals surface area contributed by atoms with Crippen molar-refractivity contribution in [3.05, 3.63) is 175 Å². The van der Waals surface area contributed by atoms with Gasteiger partial charge in [0.1, 0.15) is 17.2 Å². The normalized spacial score (nSPS) is 11.7. The van der Waals surface area contributed by atoms with Gasteiger partial charge in [-0.3, -0.25) is 0 Å². The van der Waals surface area contributed by atoms with Gasteiger partial charge in [0.2, 0.25) is 5.69 Å². The summed E-state index contributed by atoms with van der Waals surface area (Å²) >= 11 is 0. The topological polar surface area (TPSA) is 51.1 Å². The van der Waals surface area contributed by atoms with Crippen molar-refractivity contribution in [2.45, 2.75) is 0 Å². The molecule has 0 aliphatic rings. The molecule has 11 rings (SSSR count). The van der Waals surface area contributed by atoms with Crippen LogP contribution in [0, 0.1) is 17.9 Å². The average molecular weight is 675 g/mol. The van der Waals surface area contributed by atoms with Gasteiger partial charge in [-0.15, -0.1) is 0 Å². The molecule has 0 bridgehead atoms. The second-order valence-corrected chi connectivity index (χ2v) is 13.5. The summed E-state index contributed by atoms with van der Waals surface area (Å²) in [5, 5.41) is 19.6. The van der Waals surface area contributed by atoms with Crippen molar-refractivity contribution in [1.29, 1.82) is 5.26 Å². The van der Waals surface area contributed by atoms with E-state index < -0.39 is 0 Å². The number of rotatable bonds is 3. The van der Waals surface area contributed by atoms with E-state index in [-0.39, 0.29) is 0 Å². The van der Waals surface area contributed by atoms with Gasteiger partial charge in [0.05, 0.1) is 51.0 Å². The van der Waals surface area contributed by atoms with Crippen LogP contribution in [0.3, 0.4) is 0 Å². The molecule has 0 saturated heterocycles. The van der Waals surface area contributed by atoms with E-state index in [0.29, 0.717) is 22.6 Å². The fraction of sp³-hybridized carbons (Fsp3) is 0. The maximum absolute atomic E-state index is 11.0. The number of para-hydroxylation sites is 2. The van der Waals surface area contributed by atoms with E-state index in [1.165, 1.54) is 0 Å². The van der Waals surface area contributed by atoms with Gasteiger partial charge in [-0.05, 0) is 76.5 Å². The number of benzene rings is 8. The highest BCUT2D eigenvalue weighted by Crippen LogP contribution is 2.45. The quantitative estimate of drug-likeness (QED) is 0.175. The van der Waals surface area contributed by atoms with Crippen molar-refractivity contribution in [2.24, 2.45) is 0 Å². The molecule has 8 aromatic carbocycles. The molecular formula is C48H26N4O. The van der Waals surface area contributed by atoms with Crippen LogP contribution in [0.1, 0.15) is 5.56 Å². The minimum atomic E-state index is 0.447. The van der Waals surface area contributed by atoms with Gasteiger partial charge in [-0.25, -0.2) is 4.85 Å². The van der Waals surface area contributed by atoms with E-state index in [2.05, 4.69) is 123 Å². The fourth-order valence-corrected chi connectivity index (χ4v) is 8.48. The summed E-state index contributed by atoms with van der Waals surface area (Å²) in [5.74, 6) is 0. The third-order valence-corrected chi connectivity index (χ3v) is 10.8. The first-order chi connectivity index (χ1) is 26.2. The maximum atomic E-state index is 11.0. The Morgan fingerprint density at radius 1 is 0.509 bits per heavy atom. The molecule has 0 N–H and O–H groups in total. The molecule has 0 unspecified atom stereocenters. The zero-order chi connectivity index (χ0) is 35.2. The molecule has 0 atom stereocenters. The summed E-state index contributed by atoms with van der Waals surface area (Å²) in [6.45, 7) is 8.58. The van der Waals surface area contributed by atoms with Crippen molar-refractivity contribution >= 4 is 82.0 Å². The summed E-state index contributed by atoms with van der Waals surface area (Å²) < 4.78 is 10.7. The molecule has 5 nitrogen and oxygen atoms in total. The Bertz CT molecular complexity index is 3420. The van der Waals surface area contributed by atoms with Crippen molar-refractivity contribution in [1.82, 2.24) is 9.13 Å². The molecule has 0 amide bonds. The largest absolute Gasteiger partial charge is 0.456 e. The van der Waals surface area contributed by atoms with Gasteiger partial charge < -0.3 is 13.6 Å². The van der Waals surface area contributed by atoms with E-state index >= 15 is 0 Å². The minimum absolute atomic E-state index is 0.447. The first kappa shape index (κ1) is 29.2. The van der Waals surface area contributed by atoms with Crippen LogP contribution >= 0.6 is 0 Å². The van der Waals surface area contributed by atoms with E-state index in [9.17, 15) is 5.26 Å². The minimum Gasteiger partial charge on any atom is -0.456 e. The summed E-state index contributed by atoms with van der Waals surface area (Å²) in [7, 11) is 0. The SMILES string of the molecule is [C-]#[N+]c1cc(-n2c3ccc(-c4ccccc4)cc3c3c4ccccc4ccc32)c(C#N)cc1-n1c2ccccc2c2ccc3oc4ccccc4c3c21. The molecule has 0 spiro atoms. The highest BCUT2D eigenvalue weighted by molar-refractivity contribution is 6.25. The van der Waals surface area contributed by atoms with Crippen LogP contribution in [0.5, 0.6) is 0 Å². The Hall–Kier alpha value is -7.60. The lowest BCUT2D eigenvalue weighted by Gasteiger charge is -2.16. The second-order valence-electron chi connectivity index (χ2n) is 13.5. The van der Waals surface area contributed by atoms with Gasteiger partial charge in [0.15, 0.2) is 0 Å². The number of hydrogen-bond donors (Lipinski definition) is 0. The molecule has 53 heavy (non-hydrogen) atoms. The molecule has 3 aromatic heterocycles. The molecule has 3 heterocycles. The summed E-state index contributed by atoms with van der Waals surface area (Å²) in [6, 6.07) is 56.4. The van der Waals surface area contributed by atoms with E-state index in [0.717, 1.165) is 87.4 Å². The predicted octanol–water partition coefficient (Wildman–Crippen LogP) is 13.0. The zero-order valence-electron chi connectivity index (χ0n) is 28.2. The number of fused-ring (bicyclic) bond motifs is 12. The Labute approximate surface area is 303 Å². The van der Waals surface area contributed by atoms with Gasteiger partial charge >= 0.3 is 0 Å². The molecule has 244 valence electrons. The number of nitriles is 1. The van der Waals surface area contributed by atoms with Crippen LogP contribution in [0.2, 0.25) is 0 Å². The Morgan fingerprint density at radius 2 is 1.25 bits per heavy atom. The van der Waals surface area contributed by atoms with E-state index in [1.54, 1.807) is 0 Å². The van der Waals surface area contributed by atoms with Gasteiger partial charge in [0, 0.05) is 26.9 Å². The summed E-state index contributed by atoms with van der Waals surface area (Å²) in [6.07, 6.45) is 0. The number of hydrogen-bond acceptors (Lipinski definition) is 2. The van der Waals surface area contributed by atoms with E-state index in [4.69, 9.17) is 11.0 Å². The maximum Gasteiger partial charge on any atom is 0.212 e. The number of furan rings is 1. The van der Waals surface area contributed by atoms with Crippen LogP contribution < -0.4 is 0 Å². The lowest BCUT2D eigenvalue weighted by molar-refractivity contribution is 0.669.